The van der Waals surface area contributed by atoms with E-state index in [0.717, 1.165) is 26.1 Å². The van der Waals surface area contributed by atoms with E-state index in [1.165, 1.54) is 21.3 Å². The van der Waals surface area contributed by atoms with E-state index < -0.39 is 0 Å². The van der Waals surface area contributed by atoms with E-state index in [1.54, 1.807) is 0 Å². The van der Waals surface area contributed by atoms with Gasteiger partial charge in [0.15, 0.2) is 0 Å². The topological polar surface area (TPSA) is 17.0 Å². The van der Waals surface area contributed by atoms with E-state index in [9.17, 15) is 0 Å². The van der Waals surface area contributed by atoms with Crippen molar-refractivity contribution in [2.45, 2.75) is 26.4 Å². The molecule has 3 heteroatoms. The predicted molar refractivity (Wildman–Crippen MR) is 87.3 cm³/mol. The molecule has 0 aliphatic carbocycles. The van der Waals surface area contributed by atoms with Crippen molar-refractivity contribution in [3.63, 3.8) is 0 Å². The van der Waals surface area contributed by atoms with Crippen LogP contribution in [-0.4, -0.2) is 11.1 Å². The Kier molecular flexibility index (Phi) is 4.19. The lowest BCUT2D eigenvalue weighted by molar-refractivity contribution is 0.592. The summed E-state index contributed by atoms with van der Waals surface area (Å²) < 4.78 is 2.34. The molecular formula is C17H20N2S. The van der Waals surface area contributed by atoms with Gasteiger partial charge in [-0.05, 0) is 54.4 Å². The minimum atomic E-state index is 0.996. The summed E-state index contributed by atoms with van der Waals surface area (Å²) in [7, 11) is 0. The number of benzene rings is 1. The molecule has 104 valence electrons. The van der Waals surface area contributed by atoms with E-state index in [2.05, 4.69) is 64.8 Å². The Bertz CT molecular complexity index is 681. The molecule has 0 aliphatic rings. The second-order valence-electron chi connectivity index (χ2n) is 5.13. The van der Waals surface area contributed by atoms with Gasteiger partial charge in [0, 0.05) is 29.7 Å². The molecule has 0 aliphatic heterocycles. The smallest absolute Gasteiger partial charge is 0.0480 e. The number of hydrogen-bond donors (Lipinski definition) is 1. The fourth-order valence-electron chi connectivity index (χ4n) is 2.50. The summed E-state index contributed by atoms with van der Waals surface area (Å²) in [6, 6.07) is 12.9. The van der Waals surface area contributed by atoms with Gasteiger partial charge in [0.05, 0.1) is 0 Å². The molecule has 2 heterocycles. The van der Waals surface area contributed by atoms with Crippen molar-refractivity contribution in [1.29, 1.82) is 0 Å². The van der Waals surface area contributed by atoms with Gasteiger partial charge in [-0.25, -0.2) is 0 Å². The van der Waals surface area contributed by atoms with E-state index in [1.807, 2.05) is 11.3 Å². The van der Waals surface area contributed by atoms with Crippen LogP contribution in [0.5, 0.6) is 0 Å². The van der Waals surface area contributed by atoms with Crippen molar-refractivity contribution in [3.05, 3.63) is 58.4 Å². The molecule has 2 nitrogen and oxygen atoms in total. The van der Waals surface area contributed by atoms with Crippen LogP contribution < -0.4 is 5.32 Å². The van der Waals surface area contributed by atoms with Crippen molar-refractivity contribution in [3.8, 4) is 0 Å². The Morgan fingerprint density at radius 2 is 2.05 bits per heavy atom. The van der Waals surface area contributed by atoms with Gasteiger partial charge < -0.3 is 9.88 Å². The van der Waals surface area contributed by atoms with Crippen LogP contribution in [0.25, 0.3) is 10.9 Å². The average molecular weight is 284 g/mol. The number of para-hydroxylation sites is 1. The zero-order valence-corrected chi connectivity index (χ0v) is 12.6. The SMILES string of the molecule is Cc1ccsc1CNCCCn1ccc2ccccc21. The average Bonchev–Trinajstić information content (AvgIpc) is 3.06. The minimum absolute atomic E-state index is 0.996. The lowest BCUT2D eigenvalue weighted by Crippen LogP contribution is -2.16. The van der Waals surface area contributed by atoms with Crippen LogP contribution in [-0.2, 0) is 13.1 Å². The summed E-state index contributed by atoms with van der Waals surface area (Å²) >= 11 is 1.84. The van der Waals surface area contributed by atoms with Crippen molar-refractivity contribution < 1.29 is 0 Å². The Balaban J connectivity index is 1.47. The standard InChI is InChI=1S/C17H20N2S/c1-14-8-12-20-17(14)13-18-9-4-10-19-11-7-15-5-2-3-6-16(15)19/h2-3,5-8,11-12,18H,4,9-10,13H2,1H3. The Morgan fingerprint density at radius 1 is 1.15 bits per heavy atom. The van der Waals surface area contributed by atoms with Crippen LogP contribution in [0, 0.1) is 6.92 Å². The maximum absolute atomic E-state index is 3.54. The molecule has 0 radical (unpaired) electrons. The minimum Gasteiger partial charge on any atom is -0.347 e. The van der Waals surface area contributed by atoms with Gasteiger partial charge in [-0.3, -0.25) is 0 Å². The van der Waals surface area contributed by atoms with Crippen LogP contribution in [0.15, 0.2) is 48.0 Å². The number of nitrogens with zero attached hydrogens (tertiary/aromatic N) is 1. The molecule has 0 bridgehead atoms. The quantitative estimate of drug-likeness (QED) is 0.672. The van der Waals surface area contributed by atoms with Crippen LogP contribution in [0.1, 0.15) is 16.9 Å². The molecule has 20 heavy (non-hydrogen) atoms. The van der Waals surface area contributed by atoms with Crippen LogP contribution in [0.3, 0.4) is 0 Å². The molecular weight excluding hydrogens is 264 g/mol. The van der Waals surface area contributed by atoms with Crippen LogP contribution in [0.2, 0.25) is 0 Å². The number of hydrogen-bond acceptors (Lipinski definition) is 2. The maximum Gasteiger partial charge on any atom is 0.0480 e. The Morgan fingerprint density at radius 3 is 2.90 bits per heavy atom. The fourth-order valence-corrected chi connectivity index (χ4v) is 3.37. The first-order valence-corrected chi connectivity index (χ1v) is 8.00. The second-order valence-corrected chi connectivity index (χ2v) is 6.13. The lowest BCUT2D eigenvalue weighted by atomic mass is 10.2. The highest BCUT2D eigenvalue weighted by Crippen LogP contribution is 2.16. The predicted octanol–water partition coefficient (Wildman–Crippen LogP) is 4.19. The Hall–Kier alpha value is -1.58. The number of nitrogens with one attached hydrogen (secondary N) is 1. The summed E-state index contributed by atoms with van der Waals surface area (Å²) in [4.78, 5) is 1.46. The number of aryl methyl sites for hydroxylation is 2. The van der Waals surface area contributed by atoms with Crippen LogP contribution >= 0.6 is 11.3 Å². The maximum atomic E-state index is 3.54. The summed E-state index contributed by atoms with van der Waals surface area (Å²) in [5.41, 5.74) is 2.74. The zero-order valence-electron chi connectivity index (χ0n) is 11.8. The summed E-state index contributed by atoms with van der Waals surface area (Å²) in [6.45, 7) is 5.31. The first-order valence-electron chi connectivity index (χ1n) is 7.12. The van der Waals surface area contributed by atoms with Gasteiger partial charge in [0.25, 0.3) is 0 Å². The van der Waals surface area contributed by atoms with Gasteiger partial charge in [-0.1, -0.05) is 18.2 Å². The molecule has 0 saturated carbocycles. The van der Waals surface area contributed by atoms with Crippen molar-refractivity contribution in [2.24, 2.45) is 0 Å². The Labute approximate surface area is 124 Å². The number of rotatable bonds is 6. The van der Waals surface area contributed by atoms with Crippen molar-refractivity contribution in [1.82, 2.24) is 9.88 Å². The van der Waals surface area contributed by atoms with Gasteiger partial charge in [-0.15, -0.1) is 11.3 Å². The fraction of sp³-hybridized carbons (Fsp3) is 0.294. The molecule has 0 spiro atoms. The monoisotopic (exact) mass is 284 g/mol. The van der Waals surface area contributed by atoms with E-state index in [0.29, 0.717) is 0 Å². The molecule has 3 aromatic rings. The number of fused-ring (bicyclic) bond motifs is 1. The van der Waals surface area contributed by atoms with Gasteiger partial charge in [0.1, 0.15) is 0 Å². The van der Waals surface area contributed by atoms with Gasteiger partial charge >= 0.3 is 0 Å². The van der Waals surface area contributed by atoms with E-state index in [-0.39, 0.29) is 0 Å². The molecule has 0 fully saturated rings. The van der Waals surface area contributed by atoms with Gasteiger partial charge in [-0.2, -0.15) is 0 Å². The van der Waals surface area contributed by atoms with E-state index >= 15 is 0 Å². The second kappa shape index (κ2) is 6.25. The van der Waals surface area contributed by atoms with Crippen molar-refractivity contribution >= 4 is 22.2 Å². The third-order valence-electron chi connectivity index (χ3n) is 3.69. The zero-order chi connectivity index (χ0) is 13.8. The lowest BCUT2D eigenvalue weighted by Gasteiger charge is -2.07. The first-order chi connectivity index (χ1) is 9.84. The molecule has 3 rings (SSSR count). The third-order valence-corrected chi connectivity index (χ3v) is 4.71. The molecule has 1 N–H and O–H groups in total. The normalized spacial score (nSPS) is 11.2. The summed E-state index contributed by atoms with van der Waals surface area (Å²) in [5.74, 6) is 0. The summed E-state index contributed by atoms with van der Waals surface area (Å²) in [6.07, 6.45) is 3.34. The van der Waals surface area contributed by atoms with Crippen molar-refractivity contribution in [2.75, 3.05) is 6.54 Å². The number of thiophene rings is 1. The summed E-state index contributed by atoms with van der Waals surface area (Å²) in [5, 5.41) is 7.03. The highest BCUT2D eigenvalue weighted by molar-refractivity contribution is 7.10. The molecule has 1 aromatic carbocycles. The highest BCUT2D eigenvalue weighted by Gasteiger charge is 2.00. The highest BCUT2D eigenvalue weighted by atomic mass is 32.1. The van der Waals surface area contributed by atoms with Crippen LogP contribution in [0.4, 0.5) is 0 Å². The van der Waals surface area contributed by atoms with E-state index in [4.69, 9.17) is 0 Å². The molecule has 0 unspecified atom stereocenters. The molecule has 0 saturated heterocycles. The molecule has 0 amide bonds. The molecule has 0 atom stereocenters. The number of aromatic nitrogens is 1. The van der Waals surface area contributed by atoms with Gasteiger partial charge in [0.2, 0.25) is 0 Å². The first kappa shape index (κ1) is 13.4. The molecule has 2 aromatic heterocycles. The third kappa shape index (κ3) is 2.94. The largest absolute Gasteiger partial charge is 0.347 e.